The van der Waals surface area contributed by atoms with Gasteiger partial charge in [0.05, 0.1) is 5.52 Å². The van der Waals surface area contributed by atoms with Gasteiger partial charge in [-0.1, -0.05) is 43.2 Å². The van der Waals surface area contributed by atoms with Crippen LogP contribution in [-0.4, -0.2) is 33.9 Å². The molecule has 0 radical (unpaired) electrons. The fraction of sp³-hybridized carbons (Fsp3) is 0.448. The monoisotopic (exact) mass is 458 g/mol. The number of hydrogen-bond acceptors (Lipinski definition) is 3. The number of aryl methyl sites for hydroxylation is 2. The molecule has 2 atom stereocenters. The molecule has 1 aliphatic heterocycles. The van der Waals surface area contributed by atoms with E-state index in [1.165, 1.54) is 25.7 Å². The number of pyridine rings is 1. The molecule has 1 fully saturated rings. The predicted octanol–water partition coefficient (Wildman–Crippen LogP) is 5.69. The van der Waals surface area contributed by atoms with Crippen molar-refractivity contribution >= 4 is 16.7 Å². The summed E-state index contributed by atoms with van der Waals surface area (Å²) in [6, 6.07) is 17.1. The maximum absolute atomic E-state index is 13.6. The third-order valence-electron chi connectivity index (χ3n) is 7.41. The normalized spacial score (nSPS) is 18.9. The van der Waals surface area contributed by atoms with Gasteiger partial charge in [0.15, 0.2) is 0 Å². The van der Waals surface area contributed by atoms with Crippen molar-refractivity contribution in [3.63, 3.8) is 0 Å². The molecule has 0 spiro atoms. The van der Waals surface area contributed by atoms with Crippen LogP contribution in [0.1, 0.15) is 63.5 Å². The third-order valence-corrected chi connectivity index (χ3v) is 7.41. The smallest absolute Gasteiger partial charge is 0.258 e. The highest BCUT2D eigenvalue weighted by Gasteiger charge is 2.23. The van der Waals surface area contributed by atoms with Crippen LogP contribution in [0, 0.1) is 12.3 Å². The number of rotatable bonds is 8. The lowest BCUT2D eigenvalue weighted by Gasteiger charge is -2.39. The second-order valence-electron chi connectivity index (χ2n) is 10.00. The summed E-state index contributed by atoms with van der Waals surface area (Å²) in [5, 5.41) is 8.83. The first-order valence-corrected chi connectivity index (χ1v) is 12.7. The summed E-state index contributed by atoms with van der Waals surface area (Å²) >= 11 is 0. The van der Waals surface area contributed by atoms with Crippen LogP contribution in [0.25, 0.3) is 22.0 Å². The topological polar surface area (TPSA) is 75.1 Å². The highest BCUT2D eigenvalue weighted by atomic mass is 16.1. The Bertz CT molecular complexity index is 1220. The number of nitrogens with zero attached hydrogens (tertiary/aromatic N) is 2. The number of hydrogen-bond donors (Lipinski definition) is 2. The van der Waals surface area contributed by atoms with Gasteiger partial charge in [-0.05, 0) is 87.7 Å². The average molecular weight is 459 g/mol. The molecular weight excluding hydrogens is 420 g/mol. The van der Waals surface area contributed by atoms with E-state index in [1.54, 1.807) is 6.07 Å². The lowest BCUT2D eigenvalue weighted by molar-refractivity contribution is 0.101. The van der Waals surface area contributed by atoms with Crippen LogP contribution >= 0.6 is 0 Å². The van der Waals surface area contributed by atoms with Crippen LogP contribution in [0.5, 0.6) is 0 Å². The second-order valence-corrected chi connectivity index (χ2v) is 10.00. The van der Waals surface area contributed by atoms with E-state index >= 15 is 0 Å². The van der Waals surface area contributed by atoms with Crippen molar-refractivity contribution < 1.29 is 0 Å². The average Bonchev–Trinajstić information content (AvgIpc) is 2.81. The Morgan fingerprint density at radius 3 is 2.47 bits per heavy atom. The van der Waals surface area contributed by atoms with Crippen LogP contribution in [0.15, 0.2) is 53.3 Å². The van der Waals surface area contributed by atoms with Crippen LogP contribution < -0.4 is 11.3 Å². The summed E-state index contributed by atoms with van der Waals surface area (Å²) < 4.78 is 1.95. The second kappa shape index (κ2) is 10.6. The Hall–Kier alpha value is -2.92. The first-order valence-electron chi connectivity index (χ1n) is 12.7. The Morgan fingerprint density at radius 1 is 1.00 bits per heavy atom. The van der Waals surface area contributed by atoms with Crippen molar-refractivity contribution in [3.05, 3.63) is 70.0 Å². The van der Waals surface area contributed by atoms with Gasteiger partial charge < -0.3 is 10.3 Å². The van der Waals surface area contributed by atoms with Gasteiger partial charge >= 0.3 is 0 Å². The van der Waals surface area contributed by atoms with Gasteiger partial charge in [0.25, 0.3) is 5.56 Å². The molecule has 0 unspecified atom stereocenters. The van der Waals surface area contributed by atoms with Crippen molar-refractivity contribution in [3.8, 4) is 11.1 Å². The standard InChI is InChI=1S/C29H38N4O/c1-20-13-14-24-19-26(23-11-8-12-25(18-23)28(30)31)29(34)33(27(24)17-20)16-6-4-5-15-32-21(2)9-7-10-22(32)3/h8,11-14,17-19,21-22H,4-7,9-10,15-16H2,1-3H3,(H3,30,31)/t21-,22+. The number of fused-ring (bicyclic) bond motifs is 1. The molecule has 0 saturated carbocycles. The van der Waals surface area contributed by atoms with Crippen molar-refractivity contribution in [2.45, 2.75) is 77.9 Å². The number of nitrogen functional groups attached to an aromatic ring is 1. The van der Waals surface area contributed by atoms with Crippen molar-refractivity contribution in [2.24, 2.45) is 5.73 Å². The summed E-state index contributed by atoms with van der Waals surface area (Å²) in [4.78, 5) is 16.3. The Labute approximate surface area is 203 Å². The van der Waals surface area contributed by atoms with E-state index < -0.39 is 0 Å². The van der Waals surface area contributed by atoms with Crippen molar-refractivity contribution in [1.29, 1.82) is 5.41 Å². The van der Waals surface area contributed by atoms with E-state index in [0.717, 1.165) is 41.4 Å². The number of nitrogens with one attached hydrogen (secondary N) is 1. The molecule has 3 N–H and O–H groups in total. The van der Waals surface area contributed by atoms with Gasteiger partial charge in [-0.25, -0.2) is 0 Å². The lowest BCUT2D eigenvalue weighted by Crippen LogP contribution is -2.44. The fourth-order valence-electron chi connectivity index (χ4n) is 5.42. The minimum atomic E-state index is 0.0101. The molecule has 0 aliphatic carbocycles. The minimum absolute atomic E-state index is 0.0101. The van der Waals surface area contributed by atoms with E-state index in [4.69, 9.17) is 11.1 Å². The largest absolute Gasteiger partial charge is 0.384 e. The first-order chi connectivity index (χ1) is 16.3. The van der Waals surface area contributed by atoms with Crippen molar-refractivity contribution in [2.75, 3.05) is 6.54 Å². The number of piperidine rings is 1. The Balaban J connectivity index is 1.56. The molecule has 4 rings (SSSR count). The molecule has 1 aliphatic rings. The summed E-state index contributed by atoms with van der Waals surface area (Å²) in [5.74, 6) is 0.0101. The van der Waals surface area contributed by atoms with E-state index in [0.29, 0.717) is 29.8 Å². The number of amidine groups is 1. The molecule has 5 nitrogen and oxygen atoms in total. The van der Waals surface area contributed by atoms with Gasteiger partial charge in [-0.3, -0.25) is 15.1 Å². The van der Waals surface area contributed by atoms with Crippen LogP contribution in [0.3, 0.4) is 0 Å². The zero-order chi connectivity index (χ0) is 24.2. The molecule has 34 heavy (non-hydrogen) atoms. The fourth-order valence-corrected chi connectivity index (χ4v) is 5.42. The first kappa shape index (κ1) is 24.2. The molecule has 2 heterocycles. The predicted molar refractivity (Wildman–Crippen MR) is 143 cm³/mol. The SMILES string of the molecule is Cc1ccc2cc(-c3cccc(C(=N)N)c3)c(=O)n(CCCCCN3[C@H](C)CCC[C@@H]3C)c2c1. The Kier molecular flexibility index (Phi) is 7.52. The molecule has 180 valence electrons. The van der Waals surface area contributed by atoms with Crippen molar-refractivity contribution in [1.82, 2.24) is 9.47 Å². The zero-order valence-electron chi connectivity index (χ0n) is 20.8. The van der Waals surface area contributed by atoms with Crippen LogP contribution in [-0.2, 0) is 6.54 Å². The van der Waals surface area contributed by atoms with Gasteiger partial charge in [0, 0.05) is 29.8 Å². The number of likely N-dealkylation sites (tertiary alicyclic amines) is 1. The van der Waals surface area contributed by atoms with Gasteiger partial charge in [-0.15, -0.1) is 0 Å². The molecule has 1 aromatic heterocycles. The quantitative estimate of drug-likeness (QED) is 0.258. The Morgan fingerprint density at radius 2 is 1.74 bits per heavy atom. The maximum atomic E-state index is 13.6. The van der Waals surface area contributed by atoms with E-state index in [2.05, 4.69) is 43.9 Å². The summed E-state index contributed by atoms with van der Waals surface area (Å²) in [6.45, 7) is 8.64. The number of aromatic nitrogens is 1. The lowest BCUT2D eigenvalue weighted by atomic mass is 9.97. The number of unbranched alkanes of at least 4 members (excludes halogenated alkanes) is 2. The number of benzene rings is 2. The third kappa shape index (κ3) is 5.25. The maximum Gasteiger partial charge on any atom is 0.258 e. The highest BCUT2D eigenvalue weighted by molar-refractivity contribution is 5.96. The summed E-state index contributed by atoms with van der Waals surface area (Å²) in [5.41, 5.74) is 9.97. The van der Waals surface area contributed by atoms with E-state index in [-0.39, 0.29) is 11.4 Å². The van der Waals surface area contributed by atoms with Gasteiger partial charge in [0.2, 0.25) is 0 Å². The van der Waals surface area contributed by atoms with Gasteiger partial charge in [0.1, 0.15) is 5.84 Å². The molecule has 5 heteroatoms. The molecule has 0 amide bonds. The minimum Gasteiger partial charge on any atom is -0.384 e. The van der Waals surface area contributed by atoms with Crippen LogP contribution in [0.2, 0.25) is 0 Å². The molecule has 0 bridgehead atoms. The molecule has 1 saturated heterocycles. The molecular formula is C29H38N4O. The number of nitrogens with two attached hydrogens (primary N) is 1. The van der Waals surface area contributed by atoms with Crippen LogP contribution in [0.4, 0.5) is 0 Å². The summed E-state index contributed by atoms with van der Waals surface area (Å²) in [7, 11) is 0. The zero-order valence-corrected chi connectivity index (χ0v) is 20.8. The van der Waals surface area contributed by atoms with Gasteiger partial charge in [-0.2, -0.15) is 0 Å². The molecule has 2 aromatic carbocycles. The molecule has 3 aromatic rings. The summed E-state index contributed by atoms with van der Waals surface area (Å²) in [6.07, 6.45) is 7.22. The highest BCUT2D eigenvalue weighted by Crippen LogP contribution is 2.25. The van der Waals surface area contributed by atoms with E-state index in [1.807, 2.05) is 28.8 Å². The van der Waals surface area contributed by atoms with E-state index in [9.17, 15) is 4.79 Å².